The van der Waals surface area contributed by atoms with Gasteiger partial charge in [-0.25, -0.2) is 18.7 Å². The molecule has 0 amide bonds. The minimum absolute atomic E-state index is 0.107. The second kappa shape index (κ2) is 9.06. The third kappa shape index (κ3) is 4.67. The summed E-state index contributed by atoms with van der Waals surface area (Å²) >= 11 is 0. The molecule has 2 aromatic heterocycles. The maximum absolute atomic E-state index is 13.1. The molecule has 3 aromatic rings. The Hall–Kier alpha value is -3.23. The van der Waals surface area contributed by atoms with Gasteiger partial charge in [0, 0.05) is 32.3 Å². The Morgan fingerprint density at radius 2 is 2.07 bits per heavy atom. The van der Waals surface area contributed by atoms with Crippen LogP contribution >= 0.6 is 0 Å². The number of halogens is 1. The SMILES string of the molecule is CCNC(=NCCc1ccn(-c2ccc(F)cc2)n1)NC1CCCn2nc(C)nc21. The predicted molar refractivity (Wildman–Crippen MR) is 113 cm³/mol. The van der Waals surface area contributed by atoms with E-state index < -0.39 is 0 Å². The third-order valence-corrected chi connectivity index (χ3v) is 5.01. The number of rotatable bonds is 6. The second-order valence-electron chi connectivity index (χ2n) is 7.32. The fraction of sp³-hybridized carbons (Fsp3) is 0.429. The third-order valence-electron chi connectivity index (χ3n) is 5.01. The van der Waals surface area contributed by atoms with Gasteiger partial charge in [-0.2, -0.15) is 10.2 Å². The van der Waals surface area contributed by atoms with Crippen LogP contribution in [0, 0.1) is 12.7 Å². The topological polar surface area (TPSA) is 85.0 Å². The number of nitrogens with zero attached hydrogens (tertiary/aromatic N) is 6. The highest BCUT2D eigenvalue weighted by Gasteiger charge is 2.24. The summed E-state index contributed by atoms with van der Waals surface area (Å²) in [6.45, 7) is 6.28. The van der Waals surface area contributed by atoms with Crippen molar-refractivity contribution in [2.75, 3.05) is 13.1 Å². The molecule has 0 radical (unpaired) electrons. The average Bonchev–Trinajstić information content (AvgIpc) is 3.35. The number of hydrogen-bond donors (Lipinski definition) is 2. The molecule has 0 fully saturated rings. The van der Waals surface area contributed by atoms with E-state index in [1.165, 1.54) is 12.1 Å². The quantitative estimate of drug-likeness (QED) is 0.482. The molecule has 4 rings (SSSR count). The molecule has 9 heteroatoms. The fourth-order valence-electron chi connectivity index (χ4n) is 3.61. The summed E-state index contributed by atoms with van der Waals surface area (Å²) in [6.07, 6.45) is 4.66. The van der Waals surface area contributed by atoms with E-state index in [0.29, 0.717) is 13.0 Å². The number of aromatic nitrogens is 5. The van der Waals surface area contributed by atoms with E-state index in [1.54, 1.807) is 16.8 Å². The van der Waals surface area contributed by atoms with Crippen molar-refractivity contribution in [3.63, 3.8) is 0 Å². The Bertz CT molecular complexity index is 1000. The summed E-state index contributed by atoms with van der Waals surface area (Å²) in [5.41, 5.74) is 1.77. The smallest absolute Gasteiger partial charge is 0.191 e. The normalized spacial score (nSPS) is 16.4. The number of nitrogens with one attached hydrogen (secondary N) is 2. The summed E-state index contributed by atoms with van der Waals surface area (Å²) in [7, 11) is 0. The van der Waals surface area contributed by atoms with Crippen LogP contribution in [0.25, 0.3) is 5.69 Å². The lowest BCUT2D eigenvalue weighted by Gasteiger charge is -2.25. The molecule has 0 saturated carbocycles. The molecule has 0 aliphatic carbocycles. The molecule has 1 aliphatic heterocycles. The van der Waals surface area contributed by atoms with Gasteiger partial charge in [0.15, 0.2) is 5.96 Å². The lowest BCUT2D eigenvalue weighted by atomic mass is 10.1. The van der Waals surface area contributed by atoms with Crippen molar-refractivity contribution >= 4 is 5.96 Å². The van der Waals surface area contributed by atoms with Crippen molar-refractivity contribution in [3.8, 4) is 5.69 Å². The lowest BCUT2D eigenvalue weighted by molar-refractivity contribution is 0.397. The molecule has 158 valence electrons. The zero-order valence-electron chi connectivity index (χ0n) is 17.3. The van der Waals surface area contributed by atoms with E-state index in [0.717, 1.165) is 54.9 Å². The van der Waals surface area contributed by atoms with Gasteiger partial charge in [-0.1, -0.05) is 0 Å². The van der Waals surface area contributed by atoms with E-state index in [4.69, 9.17) is 4.99 Å². The molecule has 3 heterocycles. The van der Waals surface area contributed by atoms with Gasteiger partial charge >= 0.3 is 0 Å². The van der Waals surface area contributed by atoms with Crippen LogP contribution in [-0.4, -0.2) is 43.6 Å². The molecule has 1 aliphatic rings. The molecular weight excluding hydrogens is 383 g/mol. The number of hydrogen-bond acceptors (Lipinski definition) is 4. The highest BCUT2D eigenvalue weighted by atomic mass is 19.1. The Morgan fingerprint density at radius 3 is 2.87 bits per heavy atom. The second-order valence-corrected chi connectivity index (χ2v) is 7.32. The Morgan fingerprint density at radius 1 is 1.23 bits per heavy atom. The number of fused-ring (bicyclic) bond motifs is 1. The zero-order valence-corrected chi connectivity index (χ0v) is 17.3. The minimum Gasteiger partial charge on any atom is -0.357 e. The molecule has 1 unspecified atom stereocenters. The molecule has 0 saturated heterocycles. The molecule has 2 N–H and O–H groups in total. The maximum Gasteiger partial charge on any atom is 0.191 e. The van der Waals surface area contributed by atoms with Gasteiger partial charge in [0.1, 0.15) is 17.5 Å². The van der Waals surface area contributed by atoms with Gasteiger partial charge in [0.2, 0.25) is 0 Å². The predicted octanol–water partition coefficient (Wildman–Crippen LogP) is 2.54. The first-order valence-electron chi connectivity index (χ1n) is 10.4. The first-order valence-corrected chi connectivity index (χ1v) is 10.4. The number of benzene rings is 1. The summed E-state index contributed by atoms with van der Waals surface area (Å²) in [5.74, 6) is 2.30. The first kappa shape index (κ1) is 20.1. The fourth-order valence-corrected chi connectivity index (χ4v) is 3.61. The average molecular weight is 411 g/mol. The standard InChI is InChI=1S/C21H27FN8/c1-3-23-21(26-19-5-4-13-30-20(19)25-15(2)27-30)24-12-10-17-11-14-29(28-17)18-8-6-16(22)7-9-18/h6-9,11,14,19H,3-5,10,12-13H2,1-2H3,(H2,23,24,26). The monoisotopic (exact) mass is 410 g/mol. The van der Waals surface area contributed by atoms with Gasteiger partial charge in [0.05, 0.1) is 17.4 Å². The molecule has 1 aromatic carbocycles. The highest BCUT2D eigenvalue weighted by molar-refractivity contribution is 5.80. The molecule has 8 nitrogen and oxygen atoms in total. The van der Waals surface area contributed by atoms with Crippen molar-refractivity contribution < 1.29 is 4.39 Å². The van der Waals surface area contributed by atoms with E-state index in [9.17, 15) is 4.39 Å². The van der Waals surface area contributed by atoms with Crippen LogP contribution in [0.5, 0.6) is 0 Å². The van der Waals surface area contributed by atoms with Gasteiger partial charge in [-0.3, -0.25) is 4.99 Å². The largest absolute Gasteiger partial charge is 0.357 e. The molecular formula is C21H27FN8. The van der Waals surface area contributed by atoms with E-state index >= 15 is 0 Å². The summed E-state index contributed by atoms with van der Waals surface area (Å²) in [5, 5.41) is 15.8. The Kier molecular flexibility index (Phi) is 6.06. The minimum atomic E-state index is -0.254. The van der Waals surface area contributed by atoms with Crippen molar-refractivity contribution in [1.29, 1.82) is 0 Å². The molecule has 1 atom stereocenters. The van der Waals surface area contributed by atoms with Crippen LogP contribution in [-0.2, 0) is 13.0 Å². The van der Waals surface area contributed by atoms with Gasteiger partial charge < -0.3 is 10.6 Å². The van der Waals surface area contributed by atoms with Crippen molar-refractivity contribution in [2.24, 2.45) is 4.99 Å². The summed E-state index contributed by atoms with van der Waals surface area (Å²) < 4.78 is 16.8. The van der Waals surface area contributed by atoms with Crippen LogP contribution in [0.2, 0.25) is 0 Å². The molecule has 0 bridgehead atoms. The van der Waals surface area contributed by atoms with Gasteiger partial charge in [-0.15, -0.1) is 0 Å². The van der Waals surface area contributed by atoms with Crippen LogP contribution in [0.4, 0.5) is 4.39 Å². The van der Waals surface area contributed by atoms with Crippen molar-refractivity contribution in [1.82, 2.24) is 35.2 Å². The lowest BCUT2D eigenvalue weighted by Crippen LogP contribution is -2.41. The van der Waals surface area contributed by atoms with Crippen LogP contribution in [0.15, 0.2) is 41.5 Å². The number of aliphatic imine (C=N–C) groups is 1. The molecule has 30 heavy (non-hydrogen) atoms. The highest BCUT2D eigenvalue weighted by Crippen LogP contribution is 2.22. The van der Waals surface area contributed by atoms with Crippen LogP contribution in [0.1, 0.15) is 43.1 Å². The summed E-state index contributed by atoms with van der Waals surface area (Å²) in [4.78, 5) is 9.30. The number of guanidine groups is 1. The van der Waals surface area contributed by atoms with Crippen molar-refractivity contribution in [2.45, 2.75) is 45.7 Å². The van der Waals surface area contributed by atoms with Gasteiger partial charge in [0.25, 0.3) is 0 Å². The van der Waals surface area contributed by atoms with E-state index in [1.807, 2.05) is 23.9 Å². The van der Waals surface area contributed by atoms with Gasteiger partial charge in [-0.05, 0) is 57.0 Å². The maximum atomic E-state index is 13.1. The van der Waals surface area contributed by atoms with Crippen LogP contribution < -0.4 is 10.6 Å². The Labute approximate surface area is 175 Å². The van der Waals surface area contributed by atoms with Crippen LogP contribution in [0.3, 0.4) is 0 Å². The van der Waals surface area contributed by atoms with E-state index in [2.05, 4.69) is 32.7 Å². The Balaban J connectivity index is 1.38. The number of aryl methyl sites for hydroxylation is 2. The first-order chi connectivity index (χ1) is 14.6. The zero-order chi connectivity index (χ0) is 20.9. The summed E-state index contributed by atoms with van der Waals surface area (Å²) in [6, 6.07) is 8.36. The van der Waals surface area contributed by atoms with Crippen molar-refractivity contribution in [3.05, 3.63) is 59.7 Å². The van der Waals surface area contributed by atoms with E-state index in [-0.39, 0.29) is 11.9 Å². The molecule has 0 spiro atoms.